The van der Waals surface area contributed by atoms with Crippen molar-refractivity contribution < 1.29 is 14.6 Å². The fourth-order valence-electron chi connectivity index (χ4n) is 2.14. The lowest BCUT2D eigenvalue weighted by molar-refractivity contribution is 0.140. The van der Waals surface area contributed by atoms with Gasteiger partial charge in [0, 0.05) is 0 Å². The van der Waals surface area contributed by atoms with E-state index in [9.17, 15) is 9.90 Å². The molecule has 24 heavy (non-hydrogen) atoms. The van der Waals surface area contributed by atoms with E-state index in [4.69, 9.17) is 4.74 Å². The van der Waals surface area contributed by atoms with Crippen molar-refractivity contribution >= 4 is 27.8 Å². The van der Waals surface area contributed by atoms with Crippen molar-refractivity contribution in [1.82, 2.24) is 4.98 Å². The van der Waals surface area contributed by atoms with Gasteiger partial charge in [0.2, 0.25) is 0 Å². The standard InChI is InChI=1S/C18H21BrN2O3/c1-2-3-12-24-18(23)21(17-11-7-10-16(19)20-17)13-15(22)14-8-5-4-6-9-14/h4-11,15,22H,2-3,12-13H2,1H3/t15-/m0/s1. The third-order valence-electron chi connectivity index (χ3n) is 3.46. The average Bonchev–Trinajstić information content (AvgIpc) is 2.60. The van der Waals surface area contributed by atoms with Crippen LogP contribution in [0.1, 0.15) is 31.4 Å². The summed E-state index contributed by atoms with van der Waals surface area (Å²) in [6.07, 6.45) is 0.400. The summed E-state index contributed by atoms with van der Waals surface area (Å²) in [4.78, 5) is 18.1. The molecular formula is C18H21BrN2O3. The van der Waals surface area contributed by atoms with Crippen molar-refractivity contribution in [1.29, 1.82) is 0 Å². The highest BCUT2D eigenvalue weighted by molar-refractivity contribution is 9.10. The highest BCUT2D eigenvalue weighted by atomic mass is 79.9. The minimum Gasteiger partial charge on any atom is -0.449 e. The number of unbranched alkanes of at least 4 members (excludes halogenated alkanes) is 1. The van der Waals surface area contributed by atoms with Crippen LogP contribution >= 0.6 is 15.9 Å². The van der Waals surface area contributed by atoms with E-state index in [0.29, 0.717) is 17.0 Å². The fraction of sp³-hybridized carbons (Fsp3) is 0.333. The van der Waals surface area contributed by atoms with Gasteiger partial charge in [-0.05, 0) is 40.0 Å². The second-order valence-electron chi connectivity index (χ2n) is 5.32. The maximum Gasteiger partial charge on any atom is 0.415 e. The Morgan fingerprint density at radius 1 is 1.25 bits per heavy atom. The molecule has 1 atom stereocenters. The normalized spacial score (nSPS) is 11.8. The lowest BCUT2D eigenvalue weighted by Gasteiger charge is -2.24. The number of amides is 1. The van der Waals surface area contributed by atoms with Gasteiger partial charge in [0.05, 0.1) is 19.3 Å². The van der Waals surface area contributed by atoms with Crippen molar-refractivity contribution in [2.24, 2.45) is 0 Å². The molecule has 6 heteroatoms. The van der Waals surface area contributed by atoms with Crippen LogP contribution in [-0.4, -0.2) is 29.3 Å². The van der Waals surface area contributed by atoms with Gasteiger partial charge in [-0.25, -0.2) is 9.78 Å². The number of anilines is 1. The summed E-state index contributed by atoms with van der Waals surface area (Å²) in [5.41, 5.74) is 0.735. The molecule has 1 heterocycles. The molecule has 0 aliphatic carbocycles. The zero-order valence-corrected chi connectivity index (χ0v) is 15.1. The number of aromatic nitrogens is 1. The molecular weight excluding hydrogens is 372 g/mol. The van der Waals surface area contributed by atoms with E-state index in [2.05, 4.69) is 20.9 Å². The number of benzene rings is 1. The minimum atomic E-state index is -0.828. The van der Waals surface area contributed by atoms with E-state index in [1.54, 1.807) is 18.2 Å². The van der Waals surface area contributed by atoms with Gasteiger partial charge < -0.3 is 9.84 Å². The molecule has 5 nitrogen and oxygen atoms in total. The number of pyridine rings is 1. The lowest BCUT2D eigenvalue weighted by atomic mass is 10.1. The number of aliphatic hydroxyl groups is 1. The van der Waals surface area contributed by atoms with Crippen molar-refractivity contribution in [3.63, 3.8) is 0 Å². The van der Waals surface area contributed by atoms with Gasteiger partial charge in [-0.15, -0.1) is 0 Å². The fourth-order valence-corrected chi connectivity index (χ4v) is 2.48. The van der Waals surface area contributed by atoms with E-state index in [0.717, 1.165) is 18.4 Å². The second-order valence-corrected chi connectivity index (χ2v) is 6.14. The number of nitrogens with zero attached hydrogens (tertiary/aromatic N) is 2. The zero-order chi connectivity index (χ0) is 17.4. The van der Waals surface area contributed by atoms with E-state index in [-0.39, 0.29) is 6.54 Å². The van der Waals surface area contributed by atoms with Crippen LogP contribution in [0.5, 0.6) is 0 Å². The highest BCUT2D eigenvalue weighted by Crippen LogP contribution is 2.21. The second kappa shape index (κ2) is 9.39. The van der Waals surface area contributed by atoms with E-state index >= 15 is 0 Å². The first-order valence-electron chi connectivity index (χ1n) is 7.91. The first-order valence-corrected chi connectivity index (χ1v) is 8.71. The van der Waals surface area contributed by atoms with Crippen LogP contribution in [0.4, 0.5) is 10.6 Å². The number of ether oxygens (including phenoxy) is 1. The van der Waals surface area contributed by atoms with Gasteiger partial charge in [0.25, 0.3) is 0 Å². The molecule has 0 radical (unpaired) electrons. The Morgan fingerprint density at radius 3 is 2.67 bits per heavy atom. The van der Waals surface area contributed by atoms with Crippen LogP contribution in [0.25, 0.3) is 0 Å². The number of aliphatic hydroxyl groups excluding tert-OH is 1. The van der Waals surface area contributed by atoms with Crippen LogP contribution in [0.15, 0.2) is 53.1 Å². The van der Waals surface area contributed by atoms with Crippen molar-refractivity contribution in [2.45, 2.75) is 25.9 Å². The Labute approximate surface area is 150 Å². The van der Waals surface area contributed by atoms with Gasteiger partial charge in [0.15, 0.2) is 0 Å². The molecule has 128 valence electrons. The van der Waals surface area contributed by atoms with Crippen molar-refractivity contribution in [3.8, 4) is 0 Å². The summed E-state index contributed by atoms with van der Waals surface area (Å²) in [6.45, 7) is 2.44. The number of rotatable bonds is 7. The third kappa shape index (κ3) is 5.32. The SMILES string of the molecule is CCCCOC(=O)N(C[C@H](O)c1ccccc1)c1cccc(Br)n1. The number of hydrogen-bond acceptors (Lipinski definition) is 4. The summed E-state index contributed by atoms with van der Waals surface area (Å²) >= 11 is 3.30. The van der Waals surface area contributed by atoms with Crippen LogP contribution in [0, 0.1) is 0 Å². The smallest absolute Gasteiger partial charge is 0.415 e. The zero-order valence-electron chi connectivity index (χ0n) is 13.6. The van der Waals surface area contributed by atoms with Crippen LogP contribution in [0.3, 0.4) is 0 Å². The maximum atomic E-state index is 12.4. The van der Waals surface area contributed by atoms with E-state index < -0.39 is 12.2 Å². The average molecular weight is 393 g/mol. The van der Waals surface area contributed by atoms with Gasteiger partial charge in [-0.2, -0.15) is 0 Å². The number of carbonyl (C=O) groups is 1. The molecule has 0 bridgehead atoms. The van der Waals surface area contributed by atoms with Crippen molar-refractivity contribution in [2.75, 3.05) is 18.1 Å². The molecule has 0 saturated heterocycles. The van der Waals surface area contributed by atoms with Crippen LogP contribution in [-0.2, 0) is 4.74 Å². The first-order chi connectivity index (χ1) is 11.6. The van der Waals surface area contributed by atoms with Gasteiger partial charge in [-0.1, -0.05) is 49.7 Å². The Hall–Kier alpha value is -1.92. The molecule has 0 aliphatic heterocycles. The summed E-state index contributed by atoms with van der Waals surface area (Å²) in [5.74, 6) is 0.431. The summed E-state index contributed by atoms with van der Waals surface area (Å²) in [5, 5.41) is 10.5. The minimum absolute atomic E-state index is 0.0679. The molecule has 1 N–H and O–H groups in total. The summed E-state index contributed by atoms with van der Waals surface area (Å²) in [7, 11) is 0. The predicted octanol–water partition coefficient (Wildman–Crippen LogP) is 4.32. The Kier molecular flexibility index (Phi) is 7.21. The van der Waals surface area contributed by atoms with Gasteiger partial charge >= 0.3 is 6.09 Å². The van der Waals surface area contributed by atoms with Gasteiger partial charge in [0.1, 0.15) is 10.4 Å². The Bertz CT molecular complexity index is 652. The topological polar surface area (TPSA) is 62.7 Å². The number of halogens is 1. The number of hydrogen-bond donors (Lipinski definition) is 1. The number of carbonyl (C=O) groups excluding carboxylic acids is 1. The summed E-state index contributed by atoms with van der Waals surface area (Å²) < 4.78 is 5.91. The largest absolute Gasteiger partial charge is 0.449 e. The first kappa shape index (κ1) is 18.4. The quantitative estimate of drug-likeness (QED) is 0.562. The molecule has 2 rings (SSSR count). The molecule has 1 aromatic carbocycles. The third-order valence-corrected chi connectivity index (χ3v) is 3.90. The lowest BCUT2D eigenvalue weighted by Crippen LogP contribution is -2.36. The molecule has 0 saturated carbocycles. The Morgan fingerprint density at radius 2 is 2.00 bits per heavy atom. The monoisotopic (exact) mass is 392 g/mol. The predicted molar refractivity (Wildman–Crippen MR) is 96.9 cm³/mol. The van der Waals surface area contributed by atoms with Crippen molar-refractivity contribution in [3.05, 3.63) is 58.7 Å². The molecule has 0 spiro atoms. The molecule has 2 aromatic rings. The van der Waals surface area contributed by atoms with Crippen LogP contribution in [0.2, 0.25) is 0 Å². The van der Waals surface area contributed by atoms with E-state index in [1.165, 1.54) is 4.90 Å². The highest BCUT2D eigenvalue weighted by Gasteiger charge is 2.23. The molecule has 1 aromatic heterocycles. The summed E-state index contributed by atoms with van der Waals surface area (Å²) in [6, 6.07) is 14.5. The molecule has 0 aliphatic rings. The van der Waals surface area contributed by atoms with Crippen LogP contribution < -0.4 is 4.90 Å². The molecule has 1 amide bonds. The Balaban J connectivity index is 2.17. The molecule has 0 unspecified atom stereocenters. The van der Waals surface area contributed by atoms with Gasteiger partial charge in [-0.3, -0.25) is 4.90 Å². The molecule has 0 fully saturated rings. The van der Waals surface area contributed by atoms with E-state index in [1.807, 2.05) is 37.3 Å². The maximum absolute atomic E-state index is 12.4.